The maximum Gasteiger partial charge on any atom is 0.360 e. The van der Waals surface area contributed by atoms with E-state index in [1.165, 1.54) is 12.3 Å². The quantitative estimate of drug-likeness (QED) is 0.698. The Balaban J connectivity index is 2.95. The van der Waals surface area contributed by atoms with Crippen LogP contribution < -0.4 is 0 Å². The van der Waals surface area contributed by atoms with E-state index in [-0.39, 0.29) is 18.1 Å². The minimum absolute atomic E-state index is 0.0348. The molecule has 0 saturated carbocycles. The molecule has 0 saturated heterocycles. The largest absolute Gasteiger partial charge is 0.505 e. The molecular weight excluding hydrogens is 170 g/mol. The van der Waals surface area contributed by atoms with Gasteiger partial charge in [0.15, 0.2) is 5.69 Å². The Hall–Kier alpha value is -1.58. The van der Waals surface area contributed by atoms with Crippen molar-refractivity contribution in [2.45, 2.75) is 13.8 Å². The molecule has 0 aliphatic rings. The van der Waals surface area contributed by atoms with Crippen molar-refractivity contribution in [2.75, 3.05) is 6.61 Å². The lowest BCUT2D eigenvalue weighted by Crippen LogP contribution is -2.07. The number of esters is 1. The van der Waals surface area contributed by atoms with E-state index in [0.717, 1.165) is 5.56 Å². The van der Waals surface area contributed by atoms with Gasteiger partial charge in [-0.05, 0) is 25.5 Å². The number of carbonyl (C=O) groups excluding carboxylic acids is 1. The summed E-state index contributed by atoms with van der Waals surface area (Å²) in [6.07, 6.45) is 1.51. The van der Waals surface area contributed by atoms with Crippen molar-refractivity contribution in [3.05, 3.63) is 23.5 Å². The van der Waals surface area contributed by atoms with Crippen molar-refractivity contribution < 1.29 is 14.6 Å². The summed E-state index contributed by atoms with van der Waals surface area (Å²) in [5.74, 6) is -0.738. The second kappa shape index (κ2) is 3.89. The fourth-order valence-corrected chi connectivity index (χ4v) is 0.911. The maximum absolute atomic E-state index is 11.1. The topological polar surface area (TPSA) is 59.4 Å². The normalized spacial score (nSPS) is 9.69. The van der Waals surface area contributed by atoms with E-state index < -0.39 is 5.97 Å². The van der Waals surface area contributed by atoms with Gasteiger partial charge in [0.1, 0.15) is 5.75 Å². The summed E-state index contributed by atoms with van der Waals surface area (Å²) < 4.78 is 4.69. The summed E-state index contributed by atoms with van der Waals surface area (Å²) in [7, 11) is 0. The lowest BCUT2D eigenvalue weighted by Gasteiger charge is -2.03. The zero-order chi connectivity index (χ0) is 9.84. The third-order valence-corrected chi connectivity index (χ3v) is 1.47. The number of rotatable bonds is 2. The molecule has 0 atom stereocenters. The van der Waals surface area contributed by atoms with Gasteiger partial charge in [-0.15, -0.1) is 0 Å². The van der Waals surface area contributed by atoms with Gasteiger partial charge < -0.3 is 9.84 Å². The first-order chi connectivity index (χ1) is 6.15. The minimum Gasteiger partial charge on any atom is -0.505 e. The van der Waals surface area contributed by atoms with Gasteiger partial charge in [0.05, 0.1) is 6.61 Å². The molecule has 0 radical (unpaired) electrons. The third kappa shape index (κ3) is 2.18. The van der Waals surface area contributed by atoms with Gasteiger partial charge in [0, 0.05) is 6.20 Å². The van der Waals surface area contributed by atoms with Crippen LogP contribution in [0.4, 0.5) is 0 Å². The Morgan fingerprint density at radius 1 is 1.69 bits per heavy atom. The summed E-state index contributed by atoms with van der Waals surface area (Å²) in [5, 5.41) is 9.33. The number of hydrogen-bond donors (Lipinski definition) is 1. The minimum atomic E-state index is -0.597. The zero-order valence-electron chi connectivity index (χ0n) is 7.57. The molecule has 0 unspecified atom stereocenters. The van der Waals surface area contributed by atoms with Crippen molar-refractivity contribution in [1.82, 2.24) is 4.98 Å². The predicted molar refractivity (Wildman–Crippen MR) is 46.6 cm³/mol. The van der Waals surface area contributed by atoms with Crippen LogP contribution in [0, 0.1) is 6.92 Å². The van der Waals surface area contributed by atoms with Crippen LogP contribution in [0.1, 0.15) is 23.0 Å². The highest BCUT2D eigenvalue weighted by atomic mass is 16.5. The molecular formula is C9H11NO3. The lowest BCUT2D eigenvalue weighted by molar-refractivity contribution is 0.0516. The number of aromatic nitrogens is 1. The highest BCUT2D eigenvalue weighted by Crippen LogP contribution is 2.16. The number of ether oxygens (including phenoxy) is 1. The Labute approximate surface area is 76.2 Å². The summed E-state index contributed by atoms with van der Waals surface area (Å²) in [4.78, 5) is 14.9. The van der Waals surface area contributed by atoms with Gasteiger partial charge in [0.25, 0.3) is 0 Å². The third-order valence-electron chi connectivity index (χ3n) is 1.47. The van der Waals surface area contributed by atoms with Crippen molar-refractivity contribution in [3.63, 3.8) is 0 Å². The van der Waals surface area contributed by atoms with E-state index in [0.29, 0.717) is 0 Å². The molecule has 1 heterocycles. The van der Waals surface area contributed by atoms with Crippen LogP contribution in [0.2, 0.25) is 0 Å². The second-order valence-electron chi connectivity index (χ2n) is 2.60. The Morgan fingerprint density at radius 2 is 2.38 bits per heavy atom. The molecule has 0 fully saturated rings. The first-order valence-electron chi connectivity index (χ1n) is 3.98. The zero-order valence-corrected chi connectivity index (χ0v) is 7.57. The van der Waals surface area contributed by atoms with Gasteiger partial charge in [-0.25, -0.2) is 9.78 Å². The second-order valence-corrected chi connectivity index (χ2v) is 2.60. The molecule has 0 bridgehead atoms. The molecule has 1 N–H and O–H groups in total. The highest BCUT2D eigenvalue weighted by Gasteiger charge is 2.13. The number of aryl methyl sites for hydroxylation is 1. The van der Waals surface area contributed by atoms with E-state index in [4.69, 9.17) is 0 Å². The van der Waals surface area contributed by atoms with Crippen LogP contribution in [-0.2, 0) is 4.74 Å². The smallest absolute Gasteiger partial charge is 0.360 e. The van der Waals surface area contributed by atoms with Crippen LogP contribution in [0.5, 0.6) is 5.75 Å². The van der Waals surface area contributed by atoms with Gasteiger partial charge >= 0.3 is 5.97 Å². The van der Waals surface area contributed by atoms with Crippen LogP contribution in [0.15, 0.2) is 12.3 Å². The molecule has 1 rings (SSSR count). The fraction of sp³-hybridized carbons (Fsp3) is 0.333. The van der Waals surface area contributed by atoms with Gasteiger partial charge in [-0.3, -0.25) is 0 Å². The summed E-state index contributed by atoms with van der Waals surface area (Å²) in [5.41, 5.74) is 0.762. The SMILES string of the molecule is CCOC(=O)c1ncc(C)cc1O. The van der Waals surface area contributed by atoms with Crippen LogP contribution >= 0.6 is 0 Å². The first kappa shape index (κ1) is 9.51. The average Bonchev–Trinajstić information content (AvgIpc) is 2.04. The molecule has 0 spiro atoms. The van der Waals surface area contributed by atoms with E-state index in [9.17, 15) is 9.90 Å². The standard InChI is InChI=1S/C9H11NO3/c1-3-13-9(12)8-7(11)4-6(2)5-10-8/h4-5,11H,3H2,1-2H3. The van der Waals surface area contributed by atoms with E-state index in [2.05, 4.69) is 9.72 Å². The molecule has 0 aliphatic heterocycles. The monoisotopic (exact) mass is 181 g/mol. The Bertz CT molecular complexity index is 323. The fourth-order valence-electron chi connectivity index (χ4n) is 0.911. The van der Waals surface area contributed by atoms with Crippen molar-refractivity contribution in [1.29, 1.82) is 0 Å². The number of nitrogens with zero attached hydrogens (tertiary/aromatic N) is 1. The summed E-state index contributed by atoms with van der Waals surface area (Å²) >= 11 is 0. The van der Waals surface area contributed by atoms with Crippen molar-refractivity contribution in [3.8, 4) is 5.75 Å². The van der Waals surface area contributed by atoms with E-state index in [1.54, 1.807) is 13.8 Å². The molecule has 0 aromatic carbocycles. The summed E-state index contributed by atoms with van der Waals surface area (Å²) in [6, 6.07) is 1.47. The number of carbonyl (C=O) groups is 1. The maximum atomic E-state index is 11.1. The molecule has 4 nitrogen and oxygen atoms in total. The van der Waals surface area contributed by atoms with Crippen molar-refractivity contribution >= 4 is 5.97 Å². The molecule has 70 valence electrons. The van der Waals surface area contributed by atoms with Crippen LogP contribution in [-0.4, -0.2) is 22.7 Å². The Kier molecular flexibility index (Phi) is 2.84. The highest BCUT2D eigenvalue weighted by molar-refractivity contribution is 5.90. The number of aromatic hydroxyl groups is 1. The van der Waals surface area contributed by atoms with E-state index >= 15 is 0 Å². The number of hydrogen-bond acceptors (Lipinski definition) is 4. The van der Waals surface area contributed by atoms with Crippen LogP contribution in [0.25, 0.3) is 0 Å². The molecule has 1 aromatic heterocycles. The molecule has 0 amide bonds. The van der Waals surface area contributed by atoms with Gasteiger partial charge in [0.2, 0.25) is 0 Å². The number of pyridine rings is 1. The molecule has 13 heavy (non-hydrogen) atoms. The molecule has 0 aliphatic carbocycles. The predicted octanol–water partition coefficient (Wildman–Crippen LogP) is 1.27. The van der Waals surface area contributed by atoms with Crippen molar-refractivity contribution in [2.24, 2.45) is 0 Å². The molecule has 1 aromatic rings. The van der Waals surface area contributed by atoms with Gasteiger partial charge in [-0.2, -0.15) is 0 Å². The lowest BCUT2D eigenvalue weighted by atomic mass is 10.2. The van der Waals surface area contributed by atoms with Gasteiger partial charge in [-0.1, -0.05) is 0 Å². The molecule has 4 heteroatoms. The van der Waals surface area contributed by atoms with E-state index in [1.807, 2.05) is 0 Å². The first-order valence-corrected chi connectivity index (χ1v) is 3.98. The Morgan fingerprint density at radius 3 is 2.92 bits per heavy atom. The summed E-state index contributed by atoms with van der Waals surface area (Å²) in [6.45, 7) is 3.75. The van der Waals surface area contributed by atoms with Crippen LogP contribution in [0.3, 0.4) is 0 Å². The average molecular weight is 181 g/mol.